The fourth-order valence-corrected chi connectivity index (χ4v) is 2.87. The molecule has 5 nitrogen and oxygen atoms in total. The van der Waals surface area contributed by atoms with E-state index in [1.54, 1.807) is 27.9 Å². The molecule has 0 spiro atoms. The topological polar surface area (TPSA) is 80.5 Å². The lowest BCUT2D eigenvalue weighted by Crippen LogP contribution is -2.41. The number of carbonyl (C=O) groups excluding carboxylic acids is 1. The molecule has 0 bridgehead atoms. The maximum Gasteiger partial charge on any atom is 0.223 e. The van der Waals surface area contributed by atoms with Crippen molar-refractivity contribution in [3.63, 3.8) is 0 Å². The van der Waals surface area contributed by atoms with Crippen molar-refractivity contribution in [2.24, 2.45) is 5.73 Å². The van der Waals surface area contributed by atoms with Gasteiger partial charge in [0.1, 0.15) is 0 Å². The van der Waals surface area contributed by atoms with Gasteiger partial charge in [-0.3, -0.25) is 4.79 Å². The minimum Gasteiger partial charge on any atom is -0.349 e. The lowest BCUT2D eigenvalue weighted by Gasteiger charge is -2.18. The van der Waals surface area contributed by atoms with Crippen LogP contribution in [0.2, 0.25) is 0 Å². The van der Waals surface area contributed by atoms with Crippen LogP contribution in [0.3, 0.4) is 0 Å². The Balaban J connectivity index is 4.24. The Labute approximate surface area is 91.5 Å². The predicted molar refractivity (Wildman–Crippen MR) is 60.2 cm³/mol. The van der Waals surface area contributed by atoms with Gasteiger partial charge in [0.05, 0.1) is 11.5 Å². The van der Waals surface area contributed by atoms with Crippen LogP contribution in [0, 0.1) is 0 Å². The van der Waals surface area contributed by atoms with Crippen LogP contribution in [0.25, 0.3) is 0 Å². The highest BCUT2D eigenvalue weighted by Gasteiger charge is 2.22. The molecule has 0 saturated heterocycles. The van der Waals surface area contributed by atoms with E-state index in [-0.39, 0.29) is 23.8 Å². The molecule has 0 aromatic heterocycles. The highest BCUT2D eigenvalue weighted by molar-refractivity contribution is 7.91. The van der Waals surface area contributed by atoms with Crippen molar-refractivity contribution >= 4 is 15.7 Å². The summed E-state index contributed by atoms with van der Waals surface area (Å²) in [5.74, 6) is -0.417. The summed E-state index contributed by atoms with van der Waals surface area (Å²) in [6, 6.07) is 0. The van der Waals surface area contributed by atoms with E-state index in [1.165, 1.54) is 4.90 Å². The monoisotopic (exact) mass is 236 g/mol. The molecule has 0 aliphatic heterocycles. The Morgan fingerprint density at radius 2 is 1.80 bits per heavy atom. The second kappa shape index (κ2) is 4.94. The van der Waals surface area contributed by atoms with Gasteiger partial charge in [0.15, 0.2) is 9.84 Å². The summed E-state index contributed by atoms with van der Waals surface area (Å²) in [5.41, 5.74) is 4.86. The summed E-state index contributed by atoms with van der Waals surface area (Å²) in [4.78, 5) is 12.6. The van der Waals surface area contributed by atoms with Crippen LogP contribution in [0.4, 0.5) is 0 Å². The maximum atomic E-state index is 11.5. The molecule has 2 N–H and O–H groups in total. The number of rotatable bonds is 5. The molecule has 15 heavy (non-hydrogen) atoms. The number of hydrogen-bond acceptors (Lipinski definition) is 4. The zero-order chi connectivity index (χ0) is 12.3. The van der Waals surface area contributed by atoms with Gasteiger partial charge in [-0.25, -0.2) is 8.42 Å². The third-order valence-electron chi connectivity index (χ3n) is 1.72. The molecule has 0 aliphatic carbocycles. The van der Waals surface area contributed by atoms with Gasteiger partial charge < -0.3 is 10.6 Å². The summed E-state index contributed by atoms with van der Waals surface area (Å²) >= 11 is 0. The van der Waals surface area contributed by atoms with Crippen molar-refractivity contribution in [3.8, 4) is 0 Å². The molecule has 0 aromatic rings. The highest BCUT2D eigenvalue weighted by atomic mass is 32.2. The largest absolute Gasteiger partial charge is 0.349 e. The number of hydrogen-bond donors (Lipinski definition) is 1. The van der Waals surface area contributed by atoms with Crippen LogP contribution >= 0.6 is 0 Å². The Bertz CT molecular complexity index is 315. The summed E-state index contributed by atoms with van der Waals surface area (Å²) in [6.07, 6.45) is 0.0193. The smallest absolute Gasteiger partial charge is 0.223 e. The third kappa shape index (κ3) is 7.33. The Kier molecular flexibility index (Phi) is 4.73. The van der Waals surface area contributed by atoms with Gasteiger partial charge in [0, 0.05) is 26.1 Å². The normalized spacial score (nSPS) is 12.6. The van der Waals surface area contributed by atoms with Gasteiger partial charge in [-0.1, -0.05) is 0 Å². The molecule has 0 aromatic carbocycles. The van der Waals surface area contributed by atoms with E-state index in [4.69, 9.17) is 5.73 Å². The van der Waals surface area contributed by atoms with E-state index in [1.807, 2.05) is 0 Å². The van der Waals surface area contributed by atoms with Gasteiger partial charge >= 0.3 is 0 Å². The first-order valence-electron chi connectivity index (χ1n) is 4.73. The lowest BCUT2D eigenvalue weighted by atomic mass is 10.1. The van der Waals surface area contributed by atoms with Crippen molar-refractivity contribution in [1.82, 2.24) is 4.90 Å². The molecular formula is C9H20N2O3S. The SMILES string of the molecule is CN(C)C(=O)CCS(=O)(=O)CC(C)(C)N. The number of nitrogens with two attached hydrogens (primary N) is 1. The fourth-order valence-electron chi connectivity index (χ4n) is 1.11. The predicted octanol–water partition coefficient (Wildman–Crippen LogP) is -0.383. The average Bonchev–Trinajstić information content (AvgIpc) is 1.95. The van der Waals surface area contributed by atoms with Crippen molar-refractivity contribution in [2.45, 2.75) is 25.8 Å². The number of sulfone groups is 1. The van der Waals surface area contributed by atoms with Gasteiger partial charge in [-0.05, 0) is 13.8 Å². The Morgan fingerprint density at radius 1 is 1.33 bits per heavy atom. The second-order valence-corrected chi connectivity index (χ2v) is 6.80. The van der Waals surface area contributed by atoms with E-state index >= 15 is 0 Å². The summed E-state index contributed by atoms with van der Waals surface area (Å²) in [7, 11) is -0.0423. The standard InChI is InChI=1S/C9H20N2O3S/c1-9(2,10)7-15(13,14)6-5-8(12)11(3)4/h5-7,10H2,1-4H3. The molecule has 6 heteroatoms. The Hall–Kier alpha value is -0.620. The van der Waals surface area contributed by atoms with E-state index in [2.05, 4.69) is 0 Å². The van der Waals surface area contributed by atoms with Crippen molar-refractivity contribution in [3.05, 3.63) is 0 Å². The first-order valence-corrected chi connectivity index (χ1v) is 6.55. The van der Waals surface area contributed by atoms with E-state index in [0.717, 1.165) is 0 Å². The molecule has 0 fully saturated rings. The van der Waals surface area contributed by atoms with Crippen LogP contribution in [0.1, 0.15) is 20.3 Å². The van der Waals surface area contributed by atoms with Crippen LogP contribution in [-0.4, -0.2) is 50.4 Å². The average molecular weight is 236 g/mol. The first-order chi connectivity index (χ1) is 6.53. The van der Waals surface area contributed by atoms with Gasteiger partial charge in [0.2, 0.25) is 5.91 Å². The van der Waals surface area contributed by atoms with Gasteiger partial charge in [-0.15, -0.1) is 0 Å². The summed E-state index contributed by atoms with van der Waals surface area (Å²) < 4.78 is 23.0. The van der Waals surface area contributed by atoms with Gasteiger partial charge in [0.25, 0.3) is 0 Å². The fraction of sp³-hybridized carbons (Fsp3) is 0.889. The first kappa shape index (κ1) is 14.4. The number of carbonyl (C=O) groups is 1. The van der Waals surface area contributed by atoms with E-state index in [0.29, 0.717) is 0 Å². The zero-order valence-corrected chi connectivity index (χ0v) is 10.6. The van der Waals surface area contributed by atoms with Crippen LogP contribution in [-0.2, 0) is 14.6 Å². The van der Waals surface area contributed by atoms with Crippen LogP contribution in [0.15, 0.2) is 0 Å². The minimum absolute atomic E-state index is 0.0193. The number of amides is 1. The molecule has 0 radical (unpaired) electrons. The molecule has 0 heterocycles. The molecule has 1 amide bonds. The molecule has 0 atom stereocenters. The minimum atomic E-state index is -3.24. The summed E-state index contributed by atoms with van der Waals surface area (Å²) in [6.45, 7) is 3.30. The number of nitrogens with zero attached hydrogens (tertiary/aromatic N) is 1. The molecule has 0 aliphatic rings. The van der Waals surface area contributed by atoms with Crippen molar-refractivity contribution < 1.29 is 13.2 Å². The molecular weight excluding hydrogens is 216 g/mol. The van der Waals surface area contributed by atoms with Crippen LogP contribution < -0.4 is 5.73 Å². The molecule has 0 rings (SSSR count). The van der Waals surface area contributed by atoms with Crippen molar-refractivity contribution in [1.29, 1.82) is 0 Å². The summed E-state index contributed by atoms with van der Waals surface area (Å²) in [5, 5.41) is 0. The third-order valence-corrected chi connectivity index (χ3v) is 3.73. The molecule has 90 valence electrons. The van der Waals surface area contributed by atoms with Gasteiger partial charge in [-0.2, -0.15) is 0 Å². The van der Waals surface area contributed by atoms with E-state index < -0.39 is 15.4 Å². The maximum absolute atomic E-state index is 11.5. The molecule has 0 unspecified atom stereocenters. The Morgan fingerprint density at radius 3 is 2.13 bits per heavy atom. The highest BCUT2D eigenvalue weighted by Crippen LogP contribution is 2.05. The molecule has 0 saturated carbocycles. The lowest BCUT2D eigenvalue weighted by molar-refractivity contribution is -0.128. The second-order valence-electron chi connectivity index (χ2n) is 4.62. The van der Waals surface area contributed by atoms with Crippen LogP contribution in [0.5, 0.6) is 0 Å². The van der Waals surface area contributed by atoms with Crippen molar-refractivity contribution in [2.75, 3.05) is 25.6 Å². The quantitative estimate of drug-likeness (QED) is 0.705. The zero-order valence-electron chi connectivity index (χ0n) is 9.78. The van der Waals surface area contributed by atoms with E-state index in [9.17, 15) is 13.2 Å².